The highest BCUT2D eigenvalue weighted by Gasteiger charge is 1.90. The average Bonchev–Trinajstić information content (AvgIpc) is 4.20. The molecule has 0 amide bonds. The van der Waals surface area contributed by atoms with Gasteiger partial charge in [0.2, 0.25) is 0 Å². The van der Waals surface area contributed by atoms with Crippen LogP contribution in [0.15, 0.2) is 137 Å². The van der Waals surface area contributed by atoms with E-state index >= 15 is 0 Å². The molecule has 7 heteroatoms. The SMILES string of the molecule is C.CC.CC.CC.CC.CC.CC.CC.CC.CC.CC.CC.c1cc[nH]c1.c1ccc2[nH]cnc2c1.c1ccc2scnc2c1.c1ccoc1.c1ccsc1. The summed E-state index contributed by atoms with van der Waals surface area (Å²) in [5.74, 6) is 0. The average molecular weight is 819 g/mol. The number of furan rings is 1. The molecule has 0 aliphatic heterocycles. The Balaban J connectivity index is -0.0000000531. The van der Waals surface area contributed by atoms with Crippen LogP contribution in [0.2, 0.25) is 0 Å². The van der Waals surface area contributed by atoms with Gasteiger partial charge in [0.05, 0.1) is 45.6 Å². The van der Waals surface area contributed by atoms with Gasteiger partial charge in [0.1, 0.15) is 0 Å². The van der Waals surface area contributed by atoms with Crippen LogP contribution in [0, 0.1) is 0 Å². The van der Waals surface area contributed by atoms with Crippen LogP contribution in [0.1, 0.15) is 160 Å². The number of nitrogens with one attached hydrogen (secondary N) is 2. The summed E-state index contributed by atoms with van der Waals surface area (Å²) in [6, 6.07) is 27.7. The van der Waals surface area contributed by atoms with Crippen molar-refractivity contribution in [3.05, 3.63) is 132 Å². The van der Waals surface area contributed by atoms with Gasteiger partial charge in [0.25, 0.3) is 0 Å². The van der Waals surface area contributed by atoms with Crippen LogP contribution in [0.25, 0.3) is 21.3 Å². The minimum atomic E-state index is 0. The Labute approximate surface area is 358 Å². The lowest BCUT2D eigenvalue weighted by Crippen LogP contribution is -1.63. The summed E-state index contributed by atoms with van der Waals surface area (Å²) in [7, 11) is 0. The fourth-order valence-electron chi connectivity index (χ4n) is 2.41. The van der Waals surface area contributed by atoms with E-state index in [-0.39, 0.29) is 7.43 Å². The first-order valence-corrected chi connectivity index (χ1v) is 22.9. The van der Waals surface area contributed by atoms with E-state index in [0.717, 1.165) is 16.6 Å². The maximum Gasteiger partial charge on any atom is 0.0931 e. The van der Waals surface area contributed by atoms with Crippen molar-refractivity contribution in [1.29, 1.82) is 0 Å². The molecular weight excluding hydrogens is 725 g/mol. The number of nitrogens with zero attached hydrogens (tertiary/aromatic N) is 2. The molecule has 5 heterocycles. The molecule has 2 aromatic carbocycles. The number of rotatable bonds is 0. The van der Waals surface area contributed by atoms with Crippen molar-refractivity contribution in [1.82, 2.24) is 19.9 Å². The fourth-order valence-corrected chi connectivity index (χ4v) is 3.55. The second-order valence-corrected chi connectivity index (χ2v) is 7.91. The van der Waals surface area contributed by atoms with E-state index in [1.807, 2.05) is 260 Å². The van der Waals surface area contributed by atoms with Crippen molar-refractivity contribution >= 4 is 43.9 Å². The highest BCUT2D eigenvalue weighted by molar-refractivity contribution is 7.16. The maximum absolute atomic E-state index is 4.58. The molecular formula is C49H94N4OS2. The molecule has 0 fully saturated rings. The Morgan fingerprint density at radius 1 is 0.446 bits per heavy atom. The Kier molecular flexibility index (Phi) is 128. The summed E-state index contributed by atoms with van der Waals surface area (Å²) in [6.07, 6.45) is 8.70. The van der Waals surface area contributed by atoms with Crippen LogP contribution in [0.3, 0.4) is 0 Å². The maximum atomic E-state index is 4.58. The molecule has 0 atom stereocenters. The number of fused-ring (bicyclic) bond motifs is 2. The minimum absolute atomic E-state index is 0. The summed E-state index contributed by atoms with van der Waals surface area (Å²) in [5.41, 5.74) is 5.09. The molecule has 5 aromatic heterocycles. The smallest absolute Gasteiger partial charge is 0.0931 e. The van der Waals surface area contributed by atoms with E-state index in [9.17, 15) is 0 Å². The Bertz CT molecular complexity index is 1090. The molecule has 2 N–H and O–H groups in total. The highest BCUT2D eigenvalue weighted by Crippen LogP contribution is 2.15. The zero-order valence-corrected chi connectivity index (χ0v) is 41.5. The molecule has 7 aromatic rings. The van der Waals surface area contributed by atoms with Gasteiger partial charge in [-0.15, -0.1) is 11.3 Å². The summed E-state index contributed by atoms with van der Waals surface area (Å²) in [5, 5.41) is 4.08. The summed E-state index contributed by atoms with van der Waals surface area (Å²) in [4.78, 5) is 14.1. The van der Waals surface area contributed by atoms with E-state index < -0.39 is 0 Å². The summed E-state index contributed by atoms with van der Waals surface area (Å²) < 4.78 is 5.84. The van der Waals surface area contributed by atoms with Crippen LogP contribution in [0.4, 0.5) is 0 Å². The first-order valence-electron chi connectivity index (χ1n) is 21.1. The predicted molar refractivity (Wildman–Crippen MR) is 271 cm³/mol. The van der Waals surface area contributed by atoms with Crippen LogP contribution in [-0.4, -0.2) is 19.9 Å². The van der Waals surface area contributed by atoms with Gasteiger partial charge >= 0.3 is 0 Å². The molecule has 7 rings (SSSR count). The first-order chi connectivity index (χ1) is 27.4. The number of para-hydroxylation sites is 3. The number of H-pyrrole nitrogens is 2. The van der Waals surface area contributed by atoms with Gasteiger partial charge in [-0.05, 0) is 59.3 Å². The quantitative estimate of drug-likeness (QED) is 0.160. The number of hydrogen-bond donors (Lipinski definition) is 2. The van der Waals surface area contributed by atoms with Gasteiger partial charge in [-0.25, -0.2) is 9.97 Å². The number of benzene rings is 2. The van der Waals surface area contributed by atoms with Crippen molar-refractivity contribution in [2.45, 2.75) is 160 Å². The predicted octanol–water partition coefficient (Wildman–Crippen LogP) is 19.8. The Morgan fingerprint density at radius 2 is 0.857 bits per heavy atom. The zero-order valence-electron chi connectivity index (χ0n) is 39.8. The van der Waals surface area contributed by atoms with Gasteiger partial charge in [-0.3, -0.25) is 0 Å². The molecule has 0 aliphatic carbocycles. The summed E-state index contributed by atoms with van der Waals surface area (Å²) >= 11 is 3.39. The number of aromatic amines is 2. The third-order valence-corrected chi connectivity index (χ3v) is 5.35. The topological polar surface area (TPSA) is 70.5 Å². The van der Waals surface area contributed by atoms with Crippen molar-refractivity contribution in [2.24, 2.45) is 0 Å². The minimum Gasteiger partial charge on any atom is -0.473 e. The van der Waals surface area contributed by atoms with Crippen LogP contribution < -0.4 is 0 Å². The van der Waals surface area contributed by atoms with Gasteiger partial charge in [-0.1, -0.05) is 196 Å². The molecule has 328 valence electrons. The third kappa shape index (κ3) is 59.3. The third-order valence-electron chi connectivity index (χ3n) is 3.91. The molecule has 0 saturated carbocycles. The second-order valence-electron chi connectivity index (χ2n) is 6.21. The summed E-state index contributed by atoms with van der Waals surface area (Å²) in [6.45, 7) is 44.0. The van der Waals surface area contributed by atoms with E-state index in [4.69, 9.17) is 0 Å². The molecule has 0 saturated heterocycles. The molecule has 5 nitrogen and oxygen atoms in total. The molecule has 0 radical (unpaired) electrons. The standard InChI is InChI=1S/C7H6N2.C7H5NS.C4H5N.C4H4O.C4H4S.11C2H6.CH4/c2*1-2-4-7-6(3-1)8-5-9-7;3*1-2-4-5-3-1;11*1-2;/h1-5H,(H,8,9);1-5H;1-5H;2*1-4H;11*1-2H3;1H4. The highest BCUT2D eigenvalue weighted by atomic mass is 32.1. The lowest BCUT2D eigenvalue weighted by Gasteiger charge is -1.81. The Morgan fingerprint density at radius 3 is 1.18 bits per heavy atom. The van der Waals surface area contributed by atoms with Gasteiger partial charge in [0.15, 0.2) is 0 Å². The van der Waals surface area contributed by atoms with Crippen molar-refractivity contribution in [3.8, 4) is 0 Å². The van der Waals surface area contributed by atoms with E-state index in [1.54, 1.807) is 41.5 Å². The molecule has 56 heavy (non-hydrogen) atoms. The monoisotopic (exact) mass is 819 g/mol. The zero-order chi connectivity index (χ0) is 44.8. The molecule has 0 spiro atoms. The van der Waals surface area contributed by atoms with Crippen LogP contribution in [0.5, 0.6) is 0 Å². The molecule has 0 unspecified atom stereocenters. The van der Waals surface area contributed by atoms with E-state index in [0.29, 0.717) is 0 Å². The number of aromatic nitrogens is 4. The molecule has 0 bridgehead atoms. The number of thiazole rings is 1. The number of hydrogen-bond acceptors (Lipinski definition) is 5. The lowest BCUT2D eigenvalue weighted by molar-refractivity contribution is 0.567. The van der Waals surface area contributed by atoms with Crippen LogP contribution >= 0.6 is 22.7 Å². The van der Waals surface area contributed by atoms with Crippen molar-refractivity contribution < 1.29 is 4.42 Å². The number of imidazole rings is 1. The normalized spacial score (nSPS) is 6.61. The van der Waals surface area contributed by atoms with E-state index in [1.165, 1.54) is 4.70 Å². The van der Waals surface area contributed by atoms with Gasteiger partial charge in [0, 0.05) is 12.4 Å². The molecule has 0 aliphatic rings. The fraction of sp³-hybridized carbons (Fsp3) is 0.469. The van der Waals surface area contributed by atoms with Gasteiger partial charge < -0.3 is 14.4 Å². The second kappa shape index (κ2) is 93.2. The van der Waals surface area contributed by atoms with Gasteiger partial charge in [-0.2, -0.15) is 11.3 Å². The largest absolute Gasteiger partial charge is 0.473 e. The lowest BCUT2D eigenvalue weighted by atomic mass is 10.3. The Hall–Kier alpha value is -3.94. The van der Waals surface area contributed by atoms with E-state index in [2.05, 4.69) is 30.4 Å². The van der Waals surface area contributed by atoms with Crippen molar-refractivity contribution in [2.75, 3.05) is 0 Å². The van der Waals surface area contributed by atoms with Crippen LogP contribution in [-0.2, 0) is 0 Å². The first kappa shape index (κ1) is 76.7. The van der Waals surface area contributed by atoms with Crippen molar-refractivity contribution in [3.63, 3.8) is 0 Å². The number of thiophene rings is 1.